The monoisotopic (exact) mass is 235 g/mol. The highest BCUT2D eigenvalue weighted by molar-refractivity contribution is 8.00. The van der Waals surface area contributed by atoms with Gasteiger partial charge in [-0.15, -0.1) is 11.8 Å². The molecule has 0 spiro atoms. The van der Waals surface area contributed by atoms with E-state index in [0.29, 0.717) is 0 Å². The standard InChI is InChI=1S/C13H17NOS/c1-10(13(15)14-9-11-7-8-11)16-12-5-3-2-4-6-12/h2-6,10-11H,7-9H2,1H3,(H,14,15). The highest BCUT2D eigenvalue weighted by Gasteiger charge is 2.23. The molecule has 1 aliphatic carbocycles. The fourth-order valence-electron chi connectivity index (χ4n) is 1.47. The van der Waals surface area contributed by atoms with Gasteiger partial charge in [0.1, 0.15) is 0 Å². The highest BCUT2D eigenvalue weighted by Crippen LogP contribution is 2.28. The average Bonchev–Trinajstić information content (AvgIpc) is 3.11. The van der Waals surface area contributed by atoms with Crippen LogP contribution in [-0.4, -0.2) is 17.7 Å². The molecule has 1 unspecified atom stereocenters. The molecule has 2 nitrogen and oxygen atoms in total. The van der Waals surface area contributed by atoms with Crippen molar-refractivity contribution in [2.75, 3.05) is 6.54 Å². The van der Waals surface area contributed by atoms with Crippen molar-refractivity contribution in [3.63, 3.8) is 0 Å². The molecular formula is C13H17NOS. The van der Waals surface area contributed by atoms with Crippen LogP contribution in [0.1, 0.15) is 19.8 Å². The van der Waals surface area contributed by atoms with Gasteiger partial charge in [0.25, 0.3) is 0 Å². The van der Waals surface area contributed by atoms with Crippen LogP contribution >= 0.6 is 11.8 Å². The number of rotatable bonds is 5. The zero-order chi connectivity index (χ0) is 11.4. The summed E-state index contributed by atoms with van der Waals surface area (Å²) in [6, 6.07) is 10.1. The molecule has 1 fully saturated rings. The fraction of sp³-hybridized carbons (Fsp3) is 0.462. The molecular weight excluding hydrogens is 218 g/mol. The topological polar surface area (TPSA) is 29.1 Å². The van der Waals surface area contributed by atoms with Gasteiger partial charge in [-0.1, -0.05) is 18.2 Å². The zero-order valence-electron chi connectivity index (χ0n) is 9.48. The predicted octanol–water partition coefficient (Wildman–Crippen LogP) is 2.69. The van der Waals surface area contributed by atoms with Crippen molar-refractivity contribution in [3.8, 4) is 0 Å². The number of hydrogen-bond acceptors (Lipinski definition) is 2. The van der Waals surface area contributed by atoms with E-state index in [9.17, 15) is 4.79 Å². The van der Waals surface area contributed by atoms with E-state index in [-0.39, 0.29) is 11.2 Å². The van der Waals surface area contributed by atoms with Crippen molar-refractivity contribution >= 4 is 17.7 Å². The van der Waals surface area contributed by atoms with Crippen molar-refractivity contribution < 1.29 is 4.79 Å². The molecule has 1 aromatic carbocycles. The molecule has 16 heavy (non-hydrogen) atoms. The summed E-state index contributed by atoms with van der Waals surface area (Å²) in [6.45, 7) is 2.82. The summed E-state index contributed by atoms with van der Waals surface area (Å²) in [5.74, 6) is 0.902. The number of carbonyl (C=O) groups excluding carboxylic acids is 1. The lowest BCUT2D eigenvalue weighted by Gasteiger charge is -2.11. The first-order chi connectivity index (χ1) is 7.75. The van der Waals surface area contributed by atoms with Gasteiger partial charge in [-0.05, 0) is 37.8 Å². The van der Waals surface area contributed by atoms with Crippen LogP contribution in [0.15, 0.2) is 35.2 Å². The average molecular weight is 235 g/mol. The Labute approximate surface area is 101 Å². The zero-order valence-corrected chi connectivity index (χ0v) is 10.3. The normalized spacial score (nSPS) is 16.8. The first kappa shape index (κ1) is 11.5. The van der Waals surface area contributed by atoms with E-state index in [1.165, 1.54) is 12.8 Å². The molecule has 0 radical (unpaired) electrons. The molecule has 1 aromatic rings. The predicted molar refractivity (Wildman–Crippen MR) is 67.5 cm³/mol. The summed E-state index contributed by atoms with van der Waals surface area (Å²) in [5.41, 5.74) is 0. The second kappa shape index (κ2) is 5.39. The van der Waals surface area contributed by atoms with Gasteiger partial charge < -0.3 is 5.32 Å². The lowest BCUT2D eigenvalue weighted by Crippen LogP contribution is -2.32. The van der Waals surface area contributed by atoms with Crippen LogP contribution in [0, 0.1) is 5.92 Å². The summed E-state index contributed by atoms with van der Waals surface area (Å²) >= 11 is 1.61. The number of benzene rings is 1. The largest absolute Gasteiger partial charge is 0.355 e. The molecule has 0 saturated heterocycles. The van der Waals surface area contributed by atoms with Crippen molar-refractivity contribution in [2.45, 2.75) is 29.9 Å². The van der Waals surface area contributed by atoms with Crippen molar-refractivity contribution in [3.05, 3.63) is 30.3 Å². The summed E-state index contributed by atoms with van der Waals surface area (Å²) in [7, 11) is 0. The van der Waals surface area contributed by atoms with E-state index in [0.717, 1.165) is 17.4 Å². The Balaban J connectivity index is 1.77. The van der Waals surface area contributed by atoms with E-state index in [1.54, 1.807) is 11.8 Å². The maximum absolute atomic E-state index is 11.7. The summed E-state index contributed by atoms with van der Waals surface area (Å²) in [6.07, 6.45) is 2.56. The quantitative estimate of drug-likeness (QED) is 0.795. The second-order valence-electron chi connectivity index (χ2n) is 4.26. The van der Waals surface area contributed by atoms with Crippen LogP contribution in [0.25, 0.3) is 0 Å². The van der Waals surface area contributed by atoms with Crippen LogP contribution in [-0.2, 0) is 4.79 Å². The Morgan fingerprint density at radius 1 is 1.44 bits per heavy atom. The molecule has 0 aliphatic heterocycles. The van der Waals surface area contributed by atoms with E-state index in [2.05, 4.69) is 5.32 Å². The number of nitrogens with one attached hydrogen (secondary N) is 1. The second-order valence-corrected chi connectivity index (χ2v) is 5.68. The van der Waals surface area contributed by atoms with Crippen LogP contribution in [0.2, 0.25) is 0 Å². The Bertz CT molecular complexity index is 348. The first-order valence-electron chi connectivity index (χ1n) is 5.75. The Kier molecular flexibility index (Phi) is 3.88. The molecule has 1 aliphatic rings. The fourth-order valence-corrected chi connectivity index (χ4v) is 2.38. The molecule has 0 aromatic heterocycles. The summed E-state index contributed by atoms with van der Waals surface area (Å²) < 4.78 is 0. The van der Waals surface area contributed by atoms with Crippen molar-refractivity contribution in [1.82, 2.24) is 5.32 Å². The summed E-state index contributed by atoms with van der Waals surface area (Å²) in [4.78, 5) is 12.9. The third kappa shape index (κ3) is 3.56. The Hall–Kier alpha value is -0.960. The number of amides is 1. The lowest BCUT2D eigenvalue weighted by molar-refractivity contribution is -0.120. The molecule has 0 heterocycles. The van der Waals surface area contributed by atoms with Gasteiger partial charge in [0.05, 0.1) is 5.25 Å². The van der Waals surface area contributed by atoms with Gasteiger partial charge in [0.15, 0.2) is 0 Å². The maximum atomic E-state index is 11.7. The van der Waals surface area contributed by atoms with Gasteiger partial charge in [0.2, 0.25) is 5.91 Å². The Morgan fingerprint density at radius 3 is 2.75 bits per heavy atom. The van der Waals surface area contributed by atoms with E-state index in [1.807, 2.05) is 37.3 Å². The van der Waals surface area contributed by atoms with E-state index in [4.69, 9.17) is 0 Å². The third-order valence-electron chi connectivity index (χ3n) is 2.69. The molecule has 86 valence electrons. The molecule has 2 rings (SSSR count). The molecule has 0 bridgehead atoms. The molecule has 3 heteroatoms. The van der Waals surface area contributed by atoms with Crippen LogP contribution in [0.5, 0.6) is 0 Å². The SMILES string of the molecule is CC(Sc1ccccc1)C(=O)NCC1CC1. The minimum Gasteiger partial charge on any atom is -0.355 e. The van der Waals surface area contributed by atoms with Crippen molar-refractivity contribution in [1.29, 1.82) is 0 Å². The number of hydrogen-bond donors (Lipinski definition) is 1. The van der Waals surface area contributed by atoms with Crippen LogP contribution < -0.4 is 5.32 Å². The Morgan fingerprint density at radius 2 is 2.12 bits per heavy atom. The third-order valence-corrected chi connectivity index (χ3v) is 3.80. The smallest absolute Gasteiger partial charge is 0.233 e. The number of carbonyl (C=O) groups is 1. The minimum absolute atomic E-state index is 0.0128. The molecule has 1 saturated carbocycles. The van der Waals surface area contributed by atoms with Gasteiger partial charge in [-0.2, -0.15) is 0 Å². The lowest BCUT2D eigenvalue weighted by atomic mass is 10.4. The summed E-state index contributed by atoms with van der Waals surface area (Å²) in [5, 5.41) is 2.99. The van der Waals surface area contributed by atoms with E-state index < -0.39 is 0 Å². The highest BCUT2D eigenvalue weighted by atomic mass is 32.2. The number of thioether (sulfide) groups is 1. The van der Waals surface area contributed by atoms with Gasteiger partial charge >= 0.3 is 0 Å². The maximum Gasteiger partial charge on any atom is 0.233 e. The molecule has 1 N–H and O–H groups in total. The molecule has 1 amide bonds. The first-order valence-corrected chi connectivity index (χ1v) is 6.63. The van der Waals surface area contributed by atoms with Crippen molar-refractivity contribution in [2.24, 2.45) is 5.92 Å². The van der Waals surface area contributed by atoms with Crippen LogP contribution in [0.4, 0.5) is 0 Å². The molecule has 1 atom stereocenters. The van der Waals surface area contributed by atoms with Gasteiger partial charge in [-0.3, -0.25) is 4.79 Å². The van der Waals surface area contributed by atoms with Gasteiger partial charge in [-0.25, -0.2) is 0 Å². The van der Waals surface area contributed by atoms with Gasteiger partial charge in [0, 0.05) is 11.4 Å². The van der Waals surface area contributed by atoms with Crippen LogP contribution in [0.3, 0.4) is 0 Å². The minimum atomic E-state index is -0.0128. The van der Waals surface area contributed by atoms with E-state index >= 15 is 0 Å².